The fourth-order valence-electron chi connectivity index (χ4n) is 4.06. The third-order valence-corrected chi connectivity index (χ3v) is 7.18. The molecule has 0 amide bonds. The number of rotatable bonds is 4. The minimum atomic E-state index is -2.98. The van der Waals surface area contributed by atoms with Crippen molar-refractivity contribution in [2.75, 3.05) is 38.8 Å². The zero-order chi connectivity index (χ0) is 18.3. The van der Waals surface area contributed by atoms with E-state index in [-0.39, 0.29) is 23.6 Å². The number of aromatic nitrogens is 2. The number of nitrogens with zero attached hydrogens (tertiary/aromatic N) is 4. The maximum absolute atomic E-state index is 12.2. The molecule has 26 heavy (non-hydrogen) atoms. The Balaban J connectivity index is 1.66. The molecule has 2 aliphatic rings. The summed E-state index contributed by atoms with van der Waals surface area (Å²) in [6.07, 6.45) is 3.67. The lowest BCUT2D eigenvalue weighted by atomic mass is 10.0. The minimum absolute atomic E-state index is 0.0374. The van der Waals surface area contributed by atoms with Crippen molar-refractivity contribution >= 4 is 9.84 Å². The molecule has 0 radical (unpaired) electrons. The summed E-state index contributed by atoms with van der Waals surface area (Å²) in [6.45, 7) is 2.40. The van der Waals surface area contributed by atoms with Crippen LogP contribution in [0.5, 0.6) is 5.75 Å². The van der Waals surface area contributed by atoms with E-state index in [1.165, 1.54) is 0 Å². The molecule has 0 N–H and O–H groups in total. The Bertz CT molecular complexity index is 882. The van der Waals surface area contributed by atoms with E-state index in [2.05, 4.69) is 14.9 Å². The van der Waals surface area contributed by atoms with E-state index in [0.717, 1.165) is 30.1 Å². The number of likely N-dealkylation sites (N-methyl/N-ethyl adjacent to an activating group) is 1. The highest BCUT2D eigenvalue weighted by molar-refractivity contribution is 7.91. The van der Waals surface area contributed by atoms with Gasteiger partial charge in [0.05, 0.1) is 24.3 Å². The molecule has 2 saturated heterocycles. The van der Waals surface area contributed by atoms with Gasteiger partial charge in [-0.1, -0.05) is 0 Å². The fourth-order valence-corrected chi connectivity index (χ4v) is 6.15. The van der Waals surface area contributed by atoms with Gasteiger partial charge in [-0.25, -0.2) is 13.1 Å². The third-order valence-electron chi connectivity index (χ3n) is 5.48. The van der Waals surface area contributed by atoms with Gasteiger partial charge in [0.15, 0.2) is 9.84 Å². The van der Waals surface area contributed by atoms with Gasteiger partial charge in [0.25, 0.3) is 0 Å². The lowest BCUT2D eigenvalue weighted by Crippen LogP contribution is -2.57. The zero-order valence-corrected chi connectivity index (χ0v) is 15.9. The number of piperazine rings is 1. The van der Waals surface area contributed by atoms with Crippen molar-refractivity contribution in [3.63, 3.8) is 0 Å². The Morgan fingerprint density at radius 3 is 2.77 bits per heavy atom. The van der Waals surface area contributed by atoms with Crippen LogP contribution < -0.4 is 4.74 Å². The van der Waals surface area contributed by atoms with Gasteiger partial charge >= 0.3 is 0 Å². The average Bonchev–Trinajstić information content (AvgIpc) is 3.25. The van der Waals surface area contributed by atoms with E-state index in [1.807, 2.05) is 42.2 Å². The van der Waals surface area contributed by atoms with E-state index < -0.39 is 9.84 Å². The number of benzene rings is 1. The van der Waals surface area contributed by atoms with Crippen LogP contribution in [0.1, 0.15) is 5.56 Å². The van der Waals surface area contributed by atoms with E-state index >= 15 is 0 Å². The average molecular weight is 376 g/mol. The summed E-state index contributed by atoms with van der Waals surface area (Å²) in [4.78, 5) is 4.49. The summed E-state index contributed by atoms with van der Waals surface area (Å²) in [6, 6.07) is 7.95. The molecule has 2 atom stereocenters. The number of sulfone groups is 1. The minimum Gasteiger partial charge on any atom is -0.497 e. The Morgan fingerprint density at radius 1 is 1.23 bits per heavy atom. The molecule has 8 heteroatoms. The van der Waals surface area contributed by atoms with Gasteiger partial charge in [0, 0.05) is 44.1 Å². The highest BCUT2D eigenvalue weighted by Crippen LogP contribution is 2.29. The van der Waals surface area contributed by atoms with Crippen LogP contribution in [0.25, 0.3) is 5.69 Å². The standard InChI is InChI=1S/C18H24N4O3S/c1-20-8-9-21(18-13-26(23,24)12-17(18)20)11-14-10-15(25-2)4-5-16(14)22-7-3-6-19-22/h3-7,10,17-18H,8-9,11-13H2,1-2H3. The normalized spacial score (nSPS) is 25.9. The van der Waals surface area contributed by atoms with Gasteiger partial charge in [-0.2, -0.15) is 5.10 Å². The molecule has 4 rings (SSSR count). The second kappa shape index (κ2) is 6.68. The molecule has 1 aromatic heterocycles. The van der Waals surface area contributed by atoms with E-state index in [4.69, 9.17) is 4.74 Å². The quantitative estimate of drug-likeness (QED) is 0.786. The van der Waals surface area contributed by atoms with Crippen molar-refractivity contribution in [1.82, 2.24) is 19.6 Å². The number of ether oxygens (including phenoxy) is 1. The summed E-state index contributed by atoms with van der Waals surface area (Å²) in [5.41, 5.74) is 2.08. The van der Waals surface area contributed by atoms with Crippen molar-refractivity contribution in [2.24, 2.45) is 0 Å². The SMILES string of the molecule is COc1ccc(-n2cccn2)c(CN2CCN(C)C3CS(=O)(=O)CC32)c1. The van der Waals surface area contributed by atoms with E-state index in [1.54, 1.807) is 13.3 Å². The molecule has 140 valence electrons. The van der Waals surface area contributed by atoms with Crippen LogP contribution in [0.4, 0.5) is 0 Å². The second-order valence-electron chi connectivity index (χ2n) is 7.11. The molecular weight excluding hydrogens is 352 g/mol. The molecule has 0 saturated carbocycles. The molecule has 0 aliphatic carbocycles. The number of methoxy groups -OCH3 is 1. The van der Waals surface area contributed by atoms with Crippen molar-refractivity contribution < 1.29 is 13.2 Å². The van der Waals surface area contributed by atoms with Crippen LogP contribution in [0.3, 0.4) is 0 Å². The summed E-state index contributed by atoms with van der Waals surface area (Å²) in [7, 11) is 0.701. The van der Waals surface area contributed by atoms with Gasteiger partial charge in [0.1, 0.15) is 5.75 Å². The van der Waals surface area contributed by atoms with Crippen molar-refractivity contribution in [3.8, 4) is 11.4 Å². The van der Waals surface area contributed by atoms with Crippen LogP contribution in [0.2, 0.25) is 0 Å². The summed E-state index contributed by atoms with van der Waals surface area (Å²) >= 11 is 0. The van der Waals surface area contributed by atoms with Crippen LogP contribution in [0.15, 0.2) is 36.7 Å². The number of hydrogen-bond donors (Lipinski definition) is 0. The maximum Gasteiger partial charge on any atom is 0.153 e. The molecule has 2 unspecified atom stereocenters. The third kappa shape index (κ3) is 3.24. The number of fused-ring (bicyclic) bond motifs is 1. The van der Waals surface area contributed by atoms with E-state index in [0.29, 0.717) is 6.54 Å². The first-order valence-electron chi connectivity index (χ1n) is 8.78. The van der Waals surface area contributed by atoms with E-state index in [9.17, 15) is 8.42 Å². The maximum atomic E-state index is 12.2. The molecule has 2 fully saturated rings. The van der Waals surface area contributed by atoms with Crippen molar-refractivity contribution in [3.05, 3.63) is 42.2 Å². The highest BCUT2D eigenvalue weighted by atomic mass is 32.2. The fraction of sp³-hybridized carbons (Fsp3) is 0.500. The largest absolute Gasteiger partial charge is 0.497 e. The van der Waals surface area contributed by atoms with Gasteiger partial charge in [0.2, 0.25) is 0 Å². The summed E-state index contributed by atoms with van der Waals surface area (Å²) in [5, 5.41) is 4.35. The van der Waals surface area contributed by atoms with Crippen molar-refractivity contribution in [1.29, 1.82) is 0 Å². The van der Waals surface area contributed by atoms with Crippen LogP contribution in [-0.4, -0.2) is 78.8 Å². The predicted molar refractivity (Wildman–Crippen MR) is 99.4 cm³/mol. The molecule has 0 spiro atoms. The molecule has 0 bridgehead atoms. The summed E-state index contributed by atoms with van der Waals surface area (Å²) < 4.78 is 31.7. The molecule has 3 heterocycles. The van der Waals surface area contributed by atoms with Crippen LogP contribution in [-0.2, 0) is 16.4 Å². The van der Waals surface area contributed by atoms with Gasteiger partial charge in [-0.3, -0.25) is 9.80 Å². The molecule has 2 aliphatic heterocycles. The first-order chi connectivity index (χ1) is 12.5. The Kier molecular flexibility index (Phi) is 4.50. The topological polar surface area (TPSA) is 67.7 Å². The smallest absolute Gasteiger partial charge is 0.153 e. The first kappa shape index (κ1) is 17.5. The lowest BCUT2D eigenvalue weighted by Gasteiger charge is -2.42. The Labute approximate surface area is 154 Å². The zero-order valence-electron chi connectivity index (χ0n) is 15.1. The molecule has 7 nitrogen and oxygen atoms in total. The van der Waals surface area contributed by atoms with Gasteiger partial charge in [-0.15, -0.1) is 0 Å². The highest BCUT2D eigenvalue weighted by Gasteiger charge is 2.45. The van der Waals surface area contributed by atoms with Crippen molar-refractivity contribution in [2.45, 2.75) is 18.6 Å². The lowest BCUT2D eigenvalue weighted by molar-refractivity contribution is 0.0572. The molecule has 1 aromatic carbocycles. The Hall–Kier alpha value is -1.90. The summed E-state index contributed by atoms with van der Waals surface area (Å²) in [5.74, 6) is 1.29. The van der Waals surface area contributed by atoms with Gasteiger partial charge < -0.3 is 4.74 Å². The van der Waals surface area contributed by atoms with Gasteiger partial charge in [-0.05, 0) is 36.9 Å². The second-order valence-corrected chi connectivity index (χ2v) is 9.26. The monoisotopic (exact) mass is 376 g/mol. The predicted octanol–water partition coefficient (Wildman–Crippen LogP) is 0.794. The molecular formula is C18H24N4O3S. The van der Waals surface area contributed by atoms with Crippen LogP contribution in [0, 0.1) is 0 Å². The first-order valence-corrected chi connectivity index (χ1v) is 10.6. The molecule has 2 aromatic rings. The Morgan fingerprint density at radius 2 is 2.04 bits per heavy atom. The van der Waals surface area contributed by atoms with Crippen LogP contribution >= 0.6 is 0 Å². The number of hydrogen-bond acceptors (Lipinski definition) is 6.